The lowest BCUT2D eigenvalue weighted by molar-refractivity contribution is -0.116. The molecule has 0 aliphatic carbocycles. The van der Waals surface area contributed by atoms with E-state index in [-0.39, 0.29) is 30.2 Å². The zero-order valence-electron chi connectivity index (χ0n) is 14.9. The molecule has 0 radical (unpaired) electrons. The van der Waals surface area contributed by atoms with Gasteiger partial charge in [0.2, 0.25) is 5.91 Å². The Morgan fingerprint density at radius 3 is 2.23 bits per heavy atom. The number of rotatable bonds is 8. The molecule has 0 aromatic heterocycles. The fourth-order valence-electron chi connectivity index (χ4n) is 2.25. The van der Waals surface area contributed by atoms with E-state index >= 15 is 0 Å². The molecule has 0 spiro atoms. The highest BCUT2D eigenvalue weighted by Crippen LogP contribution is 2.33. The van der Waals surface area contributed by atoms with Crippen LogP contribution in [0.15, 0.2) is 42.5 Å². The summed E-state index contributed by atoms with van der Waals surface area (Å²) in [6, 6.07) is 12.2. The molecule has 2 rings (SSSR count). The Balaban J connectivity index is 2.08. The van der Waals surface area contributed by atoms with Crippen LogP contribution in [0.5, 0.6) is 17.2 Å². The maximum Gasteiger partial charge on any atom is 0.340 e. The van der Waals surface area contributed by atoms with E-state index in [2.05, 4.69) is 5.32 Å². The van der Waals surface area contributed by atoms with Crippen LogP contribution in [-0.2, 0) is 9.53 Å². The first-order valence-corrected chi connectivity index (χ1v) is 7.91. The van der Waals surface area contributed by atoms with Crippen LogP contribution in [0.1, 0.15) is 16.8 Å². The maximum absolute atomic E-state index is 12.2. The van der Waals surface area contributed by atoms with Crippen LogP contribution < -0.4 is 19.5 Å². The smallest absolute Gasteiger partial charge is 0.340 e. The van der Waals surface area contributed by atoms with E-state index in [0.29, 0.717) is 17.2 Å². The van der Waals surface area contributed by atoms with Gasteiger partial charge in [-0.2, -0.15) is 0 Å². The first kappa shape index (κ1) is 19.1. The van der Waals surface area contributed by atoms with Gasteiger partial charge in [0.25, 0.3) is 0 Å². The SMILES string of the molecule is COC(=O)c1cc(OC)c(OC)cc1NC(=O)CCOc1ccccc1. The lowest BCUT2D eigenvalue weighted by Gasteiger charge is -2.14. The summed E-state index contributed by atoms with van der Waals surface area (Å²) in [6.07, 6.45) is 0.115. The molecule has 1 N–H and O–H groups in total. The minimum absolute atomic E-state index is 0.115. The number of ether oxygens (including phenoxy) is 4. The Hall–Kier alpha value is -3.22. The van der Waals surface area contributed by atoms with Gasteiger partial charge in [0.05, 0.1) is 45.6 Å². The Morgan fingerprint density at radius 1 is 0.962 bits per heavy atom. The second-order valence-corrected chi connectivity index (χ2v) is 5.20. The lowest BCUT2D eigenvalue weighted by Crippen LogP contribution is -2.18. The van der Waals surface area contributed by atoms with Crippen molar-refractivity contribution in [1.29, 1.82) is 0 Å². The Bertz CT molecular complexity index is 760. The lowest BCUT2D eigenvalue weighted by atomic mass is 10.1. The zero-order valence-corrected chi connectivity index (χ0v) is 14.9. The Labute approximate surface area is 151 Å². The number of carbonyl (C=O) groups is 2. The molecule has 1 amide bonds. The highest BCUT2D eigenvalue weighted by atomic mass is 16.5. The van der Waals surface area contributed by atoms with Gasteiger partial charge in [-0.05, 0) is 12.1 Å². The molecule has 7 heteroatoms. The summed E-state index contributed by atoms with van der Waals surface area (Å²) < 4.78 is 20.6. The van der Waals surface area contributed by atoms with E-state index in [1.807, 2.05) is 30.3 Å². The van der Waals surface area contributed by atoms with Crippen LogP contribution in [0.4, 0.5) is 5.69 Å². The average molecular weight is 359 g/mol. The van der Waals surface area contributed by atoms with Crippen LogP contribution in [0.3, 0.4) is 0 Å². The molecular weight excluding hydrogens is 338 g/mol. The molecule has 7 nitrogen and oxygen atoms in total. The van der Waals surface area contributed by atoms with Crippen molar-refractivity contribution in [2.45, 2.75) is 6.42 Å². The van der Waals surface area contributed by atoms with Crippen molar-refractivity contribution in [3.8, 4) is 17.2 Å². The highest BCUT2D eigenvalue weighted by Gasteiger charge is 2.19. The molecule has 0 bridgehead atoms. The standard InChI is InChI=1S/C19H21NO6/c1-23-16-11-14(19(22)25-3)15(12-17(16)24-2)20-18(21)9-10-26-13-7-5-4-6-8-13/h4-8,11-12H,9-10H2,1-3H3,(H,20,21). The van der Waals surface area contributed by atoms with Gasteiger partial charge in [0.1, 0.15) is 5.75 Å². The molecule has 0 aliphatic rings. The number of hydrogen-bond donors (Lipinski definition) is 1. The number of para-hydroxylation sites is 1. The Morgan fingerprint density at radius 2 is 1.62 bits per heavy atom. The van der Waals surface area contributed by atoms with Crippen LogP contribution in [-0.4, -0.2) is 39.8 Å². The zero-order chi connectivity index (χ0) is 18.9. The van der Waals surface area contributed by atoms with Gasteiger partial charge < -0.3 is 24.3 Å². The minimum atomic E-state index is -0.596. The number of amides is 1. The molecular formula is C19H21NO6. The van der Waals surface area contributed by atoms with Gasteiger partial charge in [-0.3, -0.25) is 4.79 Å². The predicted molar refractivity (Wildman–Crippen MR) is 96.1 cm³/mol. The van der Waals surface area contributed by atoms with Gasteiger partial charge in [0.15, 0.2) is 11.5 Å². The second-order valence-electron chi connectivity index (χ2n) is 5.20. The van der Waals surface area contributed by atoms with Crippen LogP contribution in [0, 0.1) is 0 Å². The monoisotopic (exact) mass is 359 g/mol. The third kappa shape index (κ3) is 4.89. The molecule has 2 aromatic rings. The normalized spacial score (nSPS) is 9.96. The third-order valence-electron chi connectivity index (χ3n) is 3.54. The predicted octanol–water partition coefficient (Wildman–Crippen LogP) is 2.90. The topological polar surface area (TPSA) is 83.1 Å². The number of nitrogens with one attached hydrogen (secondary N) is 1. The number of anilines is 1. The van der Waals surface area contributed by atoms with Crippen LogP contribution in [0.2, 0.25) is 0 Å². The summed E-state index contributed by atoms with van der Waals surface area (Å²) in [5.74, 6) is 0.524. The molecule has 0 saturated carbocycles. The van der Waals surface area contributed by atoms with Crippen molar-refractivity contribution in [1.82, 2.24) is 0 Å². The third-order valence-corrected chi connectivity index (χ3v) is 3.54. The molecule has 0 heterocycles. The van der Waals surface area contributed by atoms with Crippen LogP contribution >= 0.6 is 0 Å². The average Bonchev–Trinajstić information content (AvgIpc) is 2.67. The van der Waals surface area contributed by atoms with Crippen molar-refractivity contribution >= 4 is 17.6 Å². The second kappa shape index (κ2) is 9.31. The van der Waals surface area contributed by atoms with E-state index in [9.17, 15) is 9.59 Å². The molecule has 0 saturated heterocycles. The molecule has 26 heavy (non-hydrogen) atoms. The fraction of sp³-hybridized carbons (Fsp3) is 0.263. The van der Waals surface area contributed by atoms with Crippen molar-refractivity contribution in [3.63, 3.8) is 0 Å². The van der Waals surface area contributed by atoms with Crippen molar-refractivity contribution in [2.24, 2.45) is 0 Å². The maximum atomic E-state index is 12.2. The summed E-state index contributed by atoms with van der Waals surface area (Å²) in [7, 11) is 4.19. The van der Waals surface area contributed by atoms with Crippen molar-refractivity contribution < 1.29 is 28.5 Å². The van der Waals surface area contributed by atoms with Gasteiger partial charge in [-0.1, -0.05) is 18.2 Å². The highest BCUT2D eigenvalue weighted by molar-refractivity contribution is 6.02. The summed E-state index contributed by atoms with van der Waals surface area (Å²) in [5, 5.41) is 2.68. The summed E-state index contributed by atoms with van der Waals surface area (Å²) in [5.41, 5.74) is 0.446. The van der Waals surface area contributed by atoms with E-state index in [1.54, 1.807) is 0 Å². The summed E-state index contributed by atoms with van der Waals surface area (Å²) >= 11 is 0. The van der Waals surface area contributed by atoms with Gasteiger partial charge in [-0.25, -0.2) is 4.79 Å². The van der Waals surface area contributed by atoms with E-state index in [1.165, 1.54) is 33.5 Å². The van der Waals surface area contributed by atoms with Crippen molar-refractivity contribution in [3.05, 3.63) is 48.0 Å². The van der Waals surface area contributed by atoms with E-state index in [4.69, 9.17) is 18.9 Å². The number of benzene rings is 2. The fourth-order valence-corrected chi connectivity index (χ4v) is 2.25. The first-order valence-electron chi connectivity index (χ1n) is 7.91. The minimum Gasteiger partial charge on any atom is -0.493 e. The van der Waals surface area contributed by atoms with E-state index in [0.717, 1.165) is 0 Å². The first-order chi connectivity index (χ1) is 12.6. The summed E-state index contributed by atoms with van der Waals surface area (Å²) in [6.45, 7) is 0.205. The number of esters is 1. The summed E-state index contributed by atoms with van der Waals surface area (Å²) in [4.78, 5) is 24.2. The van der Waals surface area contributed by atoms with Gasteiger partial charge >= 0.3 is 5.97 Å². The molecule has 138 valence electrons. The molecule has 2 aromatic carbocycles. The number of carbonyl (C=O) groups excluding carboxylic acids is 2. The molecule has 0 aliphatic heterocycles. The quantitative estimate of drug-likeness (QED) is 0.730. The largest absolute Gasteiger partial charge is 0.493 e. The number of hydrogen-bond acceptors (Lipinski definition) is 6. The van der Waals surface area contributed by atoms with Crippen LogP contribution in [0.25, 0.3) is 0 Å². The van der Waals surface area contributed by atoms with Gasteiger partial charge in [-0.15, -0.1) is 0 Å². The molecule has 0 fully saturated rings. The van der Waals surface area contributed by atoms with Crippen molar-refractivity contribution in [2.75, 3.05) is 33.3 Å². The number of methoxy groups -OCH3 is 3. The van der Waals surface area contributed by atoms with E-state index < -0.39 is 5.97 Å². The molecule has 0 unspecified atom stereocenters. The molecule has 0 atom stereocenters. The Kier molecular flexibility index (Phi) is 6.84. The van der Waals surface area contributed by atoms with Gasteiger partial charge in [0, 0.05) is 12.1 Å².